The monoisotopic (exact) mass is 136 g/mol. The van der Waals surface area contributed by atoms with Crippen LogP contribution < -0.4 is 0 Å². The SMILES string of the molecule is CCO.O=C(CO)CO. The molecule has 0 atom stereocenters. The predicted octanol–water partition coefficient (Wildman–Crippen LogP) is -1.46. The molecule has 0 rings (SSSR count). The Hall–Kier alpha value is -0.450. The molecule has 0 amide bonds. The fraction of sp³-hybridized carbons (Fsp3) is 0.800. The highest BCUT2D eigenvalue weighted by Gasteiger charge is 1.89. The van der Waals surface area contributed by atoms with Crippen molar-refractivity contribution < 1.29 is 20.1 Å². The van der Waals surface area contributed by atoms with Gasteiger partial charge in [0.15, 0.2) is 5.78 Å². The molecular formula is C5H12O4. The van der Waals surface area contributed by atoms with Gasteiger partial charge in [0.05, 0.1) is 0 Å². The molecule has 4 nitrogen and oxygen atoms in total. The number of rotatable bonds is 2. The second kappa shape index (κ2) is 10.5. The van der Waals surface area contributed by atoms with Crippen molar-refractivity contribution in [3.05, 3.63) is 0 Å². The Morgan fingerprint density at radius 1 is 1.22 bits per heavy atom. The number of hydrogen-bond donors (Lipinski definition) is 3. The number of ketones is 1. The molecule has 0 aromatic heterocycles. The van der Waals surface area contributed by atoms with Crippen LogP contribution in [-0.2, 0) is 4.79 Å². The predicted molar refractivity (Wildman–Crippen MR) is 31.9 cm³/mol. The van der Waals surface area contributed by atoms with Gasteiger partial charge in [0.2, 0.25) is 0 Å². The summed E-state index contributed by atoms with van der Waals surface area (Å²) in [6.07, 6.45) is 0. The zero-order valence-corrected chi connectivity index (χ0v) is 5.37. The molecule has 0 aliphatic rings. The summed E-state index contributed by atoms with van der Waals surface area (Å²) in [4.78, 5) is 9.68. The Morgan fingerprint density at radius 2 is 1.44 bits per heavy atom. The highest BCUT2D eigenvalue weighted by molar-refractivity contribution is 5.80. The Kier molecular flexibility index (Phi) is 13.3. The van der Waals surface area contributed by atoms with Gasteiger partial charge in [0.1, 0.15) is 13.2 Å². The van der Waals surface area contributed by atoms with E-state index in [-0.39, 0.29) is 6.61 Å². The molecule has 0 unspecified atom stereocenters. The summed E-state index contributed by atoms with van der Waals surface area (Å²) in [5.41, 5.74) is 0. The Balaban J connectivity index is 0. The fourth-order valence-electron chi connectivity index (χ4n) is 0.0500. The molecule has 4 heteroatoms. The largest absolute Gasteiger partial charge is 0.397 e. The molecule has 56 valence electrons. The van der Waals surface area contributed by atoms with E-state index >= 15 is 0 Å². The van der Waals surface area contributed by atoms with Crippen LogP contribution in [0.4, 0.5) is 0 Å². The summed E-state index contributed by atoms with van der Waals surface area (Å²) >= 11 is 0. The van der Waals surface area contributed by atoms with Crippen molar-refractivity contribution in [3.63, 3.8) is 0 Å². The molecule has 0 radical (unpaired) electrons. The topological polar surface area (TPSA) is 77.8 Å². The minimum absolute atomic E-state index is 0.250. The molecule has 0 saturated heterocycles. The lowest BCUT2D eigenvalue weighted by atomic mass is 10.5. The number of aliphatic hydroxyl groups is 3. The first kappa shape index (κ1) is 11.4. The minimum atomic E-state index is -0.559. The molecule has 0 spiro atoms. The van der Waals surface area contributed by atoms with Gasteiger partial charge in [0, 0.05) is 6.61 Å². The third-order valence-corrected chi connectivity index (χ3v) is 0.353. The van der Waals surface area contributed by atoms with Crippen LogP contribution in [-0.4, -0.2) is 40.9 Å². The maximum atomic E-state index is 9.68. The van der Waals surface area contributed by atoms with E-state index in [0.29, 0.717) is 0 Å². The van der Waals surface area contributed by atoms with E-state index in [4.69, 9.17) is 15.3 Å². The van der Waals surface area contributed by atoms with Crippen molar-refractivity contribution in [1.29, 1.82) is 0 Å². The second-order valence-corrected chi connectivity index (χ2v) is 1.17. The highest BCUT2D eigenvalue weighted by Crippen LogP contribution is 1.59. The Bertz CT molecular complexity index is 56.0. The average molecular weight is 136 g/mol. The Labute approximate surface area is 53.7 Å². The van der Waals surface area contributed by atoms with Crippen molar-refractivity contribution in [2.24, 2.45) is 0 Å². The highest BCUT2D eigenvalue weighted by atomic mass is 16.3. The normalized spacial score (nSPS) is 7.56. The standard InChI is InChI=1S/C3H6O3.C2H6O/c4-1-3(6)2-5;1-2-3/h4-5H,1-2H2;3H,2H2,1H3. The zero-order valence-electron chi connectivity index (χ0n) is 5.37. The first-order valence-electron chi connectivity index (χ1n) is 2.57. The van der Waals surface area contributed by atoms with Gasteiger partial charge in [-0.1, -0.05) is 0 Å². The number of Topliss-reactive ketones (excluding diaryl/α,β-unsaturated/α-hetero) is 1. The van der Waals surface area contributed by atoms with Crippen molar-refractivity contribution >= 4 is 5.78 Å². The van der Waals surface area contributed by atoms with Crippen LogP contribution in [0.3, 0.4) is 0 Å². The third kappa shape index (κ3) is 18.5. The minimum Gasteiger partial charge on any atom is -0.397 e. The van der Waals surface area contributed by atoms with Crippen molar-refractivity contribution in [2.75, 3.05) is 19.8 Å². The van der Waals surface area contributed by atoms with Crippen LogP contribution in [0.15, 0.2) is 0 Å². The molecule has 0 saturated carbocycles. The van der Waals surface area contributed by atoms with Crippen LogP contribution in [0.1, 0.15) is 6.92 Å². The van der Waals surface area contributed by atoms with E-state index in [1.165, 1.54) is 0 Å². The van der Waals surface area contributed by atoms with Crippen LogP contribution in [0.25, 0.3) is 0 Å². The number of hydrogen-bond acceptors (Lipinski definition) is 4. The molecular weight excluding hydrogens is 124 g/mol. The molecule has 9 heavy (non-hydrogen) atoms. The van der Waals surface area contributed by atoms with Crippen molar-refractivity contribution in [2.45, 2.75) is 6.92 Å². The summed E-state index contributed by atoms with van der Waals surface area (Å²) in [6, 6.07) is 0. The lowest BCUT2D eigenvalue weighted by molar-refractivity contribution is -0.124. The average Bonchev–Trinajstić information content (AvgIpc) is 1.88. The van der Waals surface area contributed by atoms with E-state index in [1.807, 2.05) is 0 Å². The lowest BCUT2D eigenvalue weighted by Crippen LogP contribution is -2.07. The van der Waals surface area contributed by atoms with Gasteiger partial charge in [-0.3, -0.25) is 4.79 Å². The Morgan fingerprint density at radius 3 is 1.44 bits per heavy atom. The maximum absolute atomic E-state index is 9.68. The molecule has 0 aromatic carbocycles. The smallest absolute Gasteiger partial charge is 0.183 e. The summed E-state index contributed by atoms with van der Waals surface area (Å²) in [7, 11) is 0. The molecule has 0 bridgehead atoms. The van der Waals surface area contributed by atoms with Gasteiger partial charge in [0.25, 0.3) is 0 Å². The summed E-state index contributed by atoms with van der Waals surface area (Å²) < 4.78 is 0. The lowest BCUT2D eigenvalue weighted by Gasteiger charge is -1.81. The summed E-state index contributed by atoms with van der Waals surface area (Å²) in [5, 5.41) is 23.2. The molecule has 3 N–H and O–H groups in total. The first-order valence-corrected chi connectivity index (χ1v) is 2.57. The molecule has 0 aliphatic carbocycles. The summed E-state index contributed by atoms with van der Waals surface area (Å²) in [6.45, 7) is 0.813. The van der Waals surface area contributed by atoms with Gasteiger partial charge < -0.3 is 15.3 Å². The van der Waals surface area contributed by atoms with Gasteiger partial charge >= 0.3 is 0 Å². The molecule has 0 heterocycles. The summed E-state index contributed by atoms with van der Waals surface area (Å²) in [5.74, 6) is -0.546. The van der Waals surface area contributed by atoms with E-state index in [1.54, 1.807) is 6.92 Å². The van der Waals surface area contributed by atoms with E-state index in [0.717, 1.165) is 0 Å². The third-order valence-electron chi connectivity index (χ3n) is 0.353. The van der Waals surface area contributed by atoms with Crippen LogP contribution in [0.2, 0.25) is 0 Å². The zero-order chi connectivity index (χ0) is 7.70. The van der Waals surface area contributed by atoms with Gasteiger partial charge in [-0.05, 0) is 6.92 Å². The van der Waals surface area contributed by atoms with Crippen molar-refractivity contribution in [3.8, 4) is 0 Å². The van der Waals surface area contributed by atoms with Crippen LogP contribution in [0.5, 0.6) is 0 Å². The second-order valence-electron chi connectivity index (χ2n) is 1.17. The quantitative estimate of drug-likeness (QED) is 0.433. The number of carbonyl (C=O) groups is 1. The van der Waals surface area contributed by atoms with Gasteiger partial charge in [-0.15, -0.1) is 0 Å². The van der Waals surface area contributed by atoms with Crippen LogP contribution in [0, 0.1) is 0 Å². The molecule has 0 aromatic rings. The van der Waals surface area contributed by atoms with Gasteiger partial charge in [-0.25, -0.2) is 0 Å². The van der Waals surface area contributed by atoms with E-state index in [2.05, 4.69) is 0 Å². The van der Waals surface area contributed by atoms with E-state index in [9.17, 15) is 4.79 Å². The van der Waals surface area contributed by atoms with Crippen molar-refractivity contribution in [1.82, 2.24) is 0 Å². The number of carbonyl (C=O) groups excluding carboxylic acids is 1. The molecule has 0 aliphatic heterocycles. The first-order chi connectivity index (χ1) is 4.22. The van der Waals surface area contributed by atoms with Gasteiger partial charge in [-0.2, -0.15) is 0 Å². The molecule has 0 fully saturated rings. The van der Waals surface area contributed by atoms with Crippen LogP contribution >= 0.6 is 0 Å². The van der Waals surface area contributed by atoms with E-state index < -0.39 is 19.0 Å². The maximum Gasteiger partial charge on any atom is 0.183 e. The fourth-order valence-corrected chi connectivity index (χ4v) is 0.0500. The number of aliphatic hydroxyl groups excluding tert-OH is 3.